The Bertz CT molecular complexity index is 503. The summed E-state index contributed by atoms with van der Waals surface area (Å²) in [5.74, 6) is 1.27. The molecule has 1 amide bonds. The number of methoxy groups -OCH3 is 2. The van der Waals surface area contributed by atoms with Crippen LogP contribution in [0.25, 0.3) is 0 Å². The van der Waals surface area contributed by atoms with E-state index in [1.54, 1.807) is 44.2 Å². The van der Waals surface area contributed by atoms with Crippen LogP contribution in [0.3, 0.4) is 0 Å². The Morgan fingerprint density at radius 1 is 1.33 bits per heavy atom. The number of hydrogen-bond acceptors (Lipinski definition) is 4. The van der Waals surface area contributed by atoms with Crippen molar-refractivity contribution in [2.24, 2.45) is 0 Å². The van der Waals surface area contributed by atoms with E-state index in [1.807, 2.05) is 0 Å². The summed E-state index contributed by atoms with van der Waals surface area (Å²) in [6, 6.07) is 5.13. The van der Waals surface area contributed by atoms with E-state index >= 15 is 0 Å². The maximum absolute atomic E-state index is 11.8. The number of rotatable bonds is 4. The van der Waals surface area contributed by atoms with Gasteiger partial charge < -0.3 is 19.5 Å². The van der Waals surface area contributed by atoms with Crippen LogP contribution in [-0.4, -0.2) is 42.7 Å². The van der Waals surface area contributed by atoms with Gasteiger partial charge in [0, 0.05) is 19.0 Å². The van der Waals surface area contributed by atoms with E-state index in [0.717, 1.165) is 19.3 Å². The first-order chi connectivity index (χ1) is 10.1. The molecule has 5 nitrogen and oxygen atoms in total. The number of benzene rings is 1. The second kappa shape index (κ2) is 6.80. The number of carbonyl (C=O) groups is 1. The molecule has 2 atom stereocenters. The number of hydrogen-bond donors (Lipinski definition) is 1. The van der Waals surface area contributed by atoms with Crippen molar-refractivity contribution in [1.82, 2.24) is 4.90 Å². The Morgan fingerprint density at radius 2 is 2.10 bits per heavy atom. The molecule has 1 aliphatic rings. The zero-order valence-corrected chi connectivity index (χ0v) is 12.8. The van der Waals surface area contributed by atoms with Crippen LogP contribution in [0.5, 0.6) is 11.5 Å². The predicted octanol–water partition coefficient (Wildman–Crippen LogP) is 2.14. The van der Waals surface area contributed by atoms with Gasteiger partial charge in [0.2, 0.25) is 5.91 Å². The van der Waals surface area contributed by atoms with Gasteiger partial charge in [-0.3, -0.25) is 4.79 Å². The molecule has 0 aliphatic carbocycles. The van der Waals surface area contributed by atoms with Gasteiger partial charge >= 0.3 is 0 Å². The van der Waals surface area contributed by atoms with Gasteiger partial charge in [0.25, 0.3) is 0 Å². The standard InChI is InChI=1S/C16H23NO4/c1-11(18)17-9-5-4-6-14(17)16(19)13-10-12(20-2)7-8-15(13)21-3/h7-8,10,14,16,19H,4-6,9H2,1-3H3/t14?,16-/m1/s1. The van der Waals surface area contributed by atoms with Gasteiger partial charge in [0.05, 0.1) is 20.3 Å². The van der Waals surface area contributed by atoms with Crippen molar-refractivity contribution in [3.05, 3.63) is 23.8 Å². The summed E-state index contributed by atoms with van der Waals surface area (Å²) in [6.45, 7) is 2.25. The maximum atomic E-state index is 11.8. The van der Waals surface area contributed by atoms with E-state index in [1.165, 1.54) is 0 Å². The molecule has 1 aromatic carbocycles. The average Bonchev–Trinajstić information content (AvgIpc) is 2.53. The summed E-state index contributed by atoms with van der Waals surface area (Å²) in [6.07, 6.45) is 2.01. The van der Waals surface area contributed by atoms with Crippen molar-refractivity contribution < 1.29 is 19.4 Å². The molecule has 0 aromatic heterocycles. The highest BCUT2D eigenvalue weighted by Gasteiger charge is 2.32. The van der Waals surface area contributed by atoms with Crippen molar-refractivity contribution in [2.45, 2.75) is 38.3 Å². The summed E-state index contributed by atoms with van der Waals surface area (Å²) in [5, 5.41) is 10.8. The highest BCUT2D eigenvalue weighted by Crippen LogP contribution is 2.35. The van der Waals surface area contributed by atoms with Crippen LogP contribution in [0.1, 0.15) is 37.9 Å². The SMILES string of the molecule is COc1ccc(OC)c([C@@H](O)C2CCCCN2C(C)=O)c1. The van der Waals surface area contributed by atoms with Crippen molar-refractivity contribution >= 4 is 5.91 Å². The number of aliphatic hydroxyl groups excluding tert-OH is 1. The molecular formula is C16H23NO4. The third kappa shape index (κ3) is 3.29. The quantitative estimate of drug-likeness (QED) is 0.924. The Kier molecular flexibility index (Phi) is 5.07. The number of piperidine rings is 1. The van der Waals surface area contributed by atoms with Gasteiger partial charge in [-0.1, -0.05) is 0 Å². The molecule has 2 rings (SSSR count). The Morgan fingerprint density at radius 3 is 2.71 bits per heavy atom. The zero-order valence-electron chi connectivity index (χ0n) is 12.8. The van der Waals surface area contributed by atoms with Gasteiger partial charge in [-0.25, -0.2) is 0 Å². The average molecular weight is 293 g/mol. The van der Waals surface area contributed by atoms with E-state index in [0.29, 0.717) is 23.6 Å². The van der Waals surface area contributed by atoms with Crippen LogP contribution in [-0.2, 0) is 4.79 Å². The number of carbonyl (C=O) groups excluding carboxylic acids is 1. The molecule has 1 saturated heterocycles. The lowest BCUT2D eigenvalue weighted by Gasteiger charge is -2.38. The van der Waals surface area contributed by atoms with Crippen molar-refractivity contribution in [3.63, 3.8) is 0 Å². The summed E-state index contributed by atoms with van der Waals surface area (Å²) in [4.78, 5) is 13.5. The first-order valence-corrected chi connectivity index (χ1v) is 7.25. The molecule has 1 N–H and O–H groups in total. The van der Waals surface area contributed by atoms with E-state index in [9.17, 15) is 9.90 Å². The Labute approximate surface area is 125 Å². The van der Waals surface area contributed by atoms with Crippen molar-refractivity contribution in [2.75, 3.05) is 20.8 Å². The highest BCUT2D eigenvalue weighted by atomic mass is 16.5. The van der Waals surface area contributed by atoms with Gasteiger partial charge in [-0.2, -0.15) is 0 Å². The van der Waals surface area contributed by atoms with E-state index in [2.05, 4.69) is 0 Å². The highest BCUT2D eigenvalue weighted by molar-refractivity contribution is 5.73. The minimum Gasteiger partial charge on any atom is -0.497 e. The molecule has 1 fully saturated rings. The monoisotopic (exact) mass is 293 g/mol. The first kappa shape index (κ1) is 15.6. The lowest BCUT2D eigenvalue weighted by atomic mass is 9.92. The van der Waals surface area contributed by atoms with Crippen LogP contribution in [0, 0.1) is 0 Å². The minimum atomic E-state index is -0.778. The fourth-order valence-corrected chi connectivity index (χ4v) is 2.95. The lowest BCUT2D eigenvalue weighted by Crippen LogP contribution is -2.45. The van der Waals surface area contributed by atoms with E-state index < -0.39 is 6.10 Å². The molecule has 0 bridgehead atoms. The smallest absolute Gasteiger partial charge is 0.219 e. The number of nitrogens with zero attached hydrogens (tertiary/aromatic N) is 1. The Hall–Kier alpha value is -1.75. The molecule has 5 heteroatoms. The van der Waals surface area contributed by atoms with Crippen LogP contribution in [0.15, 0.2) is 18.2 Å². The van der Waals surface area contributed by atoms with Crippen LogP contribution in [0.4, 0.5) is 0 Å². The van der Waals surface area contributed by atoms with E-state index in [-0.39, 0.29) is 11.9 Å². The fourth-order valence-electron chi connectivity index (χ4n) is 2.95. The second-order valence-corrected chi connectivity index (χ2v) is 5.33. The van der Waals surface area contributed by atoms with Gasteiger partial charge in [0.1, 0.15) is 17.6 Å². The number of amides is 1. The molecule has 1 aromatic rings. The number of aliphatic hydroxyl groups is 1. The van der Waals surface area contributed by atoms with Crippen molar-refractivity contribution in [3.8, 4) is 11.5 Å². The summed E-state index contributed by atoms with van der Waals surface area (Å²) in [7, 11) is 3.15. The van der Waals surface area contributed by atoms with Crippen molar-refractivity contribution in [1.29, 1.82) is 0 Å². The first-order valence-electron chi connectivity index (χ1n) is 7.25. The van der Waals surface area contributed by atoms with Gasteiger partial charge in [-0.05, 0) is 37.5 Å². The summed E-state index contributed by atoms with van der Waals surface area (Å²) >= 11 is 0. The molecule has 21 heavy (non-hydrogen) atoms. The third-order valence-corrected chi connectivity index (χ3v) is 4.07. The normalized spacial score (nSPS) is 20.0. The van der Waals surface area contributed by atoms with Crippen LogP contribution >= 0.6 is 0 Å². The largest absolute Gasteiger partial charge is 0.497 e. The minimum absolute atomic E-state index is 0.000568. The second-order valence-electron chi connectivity index (χ2n) is 5.33. The maximum Gasteiger partial charge on any atom is 0.219 e. The molecule has 0 radical (unpaired) electrons. The van der Waals surface area contributed by atoms with Crippen LogP contribution < -0.4 is 9.47 Å². The Balaban J connectivity index is 2.32. The summed E-state index contributed by atoms with van der Waals surface area (Å²) in [5.41, 5.74) is 0.662. The van der Waals surface area contributed by atoms with E-state index in [4.69, 9.17) is 9.47 Å². The molecule has 0 saturated carbocycles. The third-order valence-electron chi connectivity index (χ3n) is 4.07. The fraction of sp³-hybridized carbons (Fsp3) is 0.562. The van der Waals surface area contributed by atoms with Gasteiger partial charge in [-0.15, -0.1) is 0 Å². The lowest BCUT2D eigenvalue weighted by molar-refractivity contribution is -0.135. The predicted molar refractivity (Wildman–Crippen MR) is 79.5 cm³/mol. The molecule has 1 unspecified atom stereocenters. The molecular weight excluding hydrogens is 270 g/mol. The molecule has 0 spiro atoms. The topological polar surface area (TPSA) is 59.0 Å². The van der Waals surface area contributed by atoms with Gasteiger partial charge in [0.15, 0.2) is 0 Å². The van der Waals surface area contributed by atoms with Crippen LogP contribution in [0.2, 0.25) is 0 Å². The molecule has 116 valence electrons. The number of likely N-dealkylation sites (tertiary alicyclic amines) is 1. The molecule has 1 heterocycles. The summed E-state index contributed by atoms with van der Waals surface area (Å²) < 4.78 is 10.6. The zero-order chi connectivity index (χ0) is 15.4. The number of ether oxygens (including phenoxy) is 2. The molecule has 1 aliphatic heterocycles.